The van der Waals surface area contributed by atoms with Gasteiger partial charge in [0.25, 0.3) is 6.33 Å². The number of hydrogen-bond acceptors (Lipinski definition) is 2. The zero-order valence-electron chi connectivity index (χ0n) is 70.6. The molecule has 83 heavy (non-hydrogen) atoms. The van der Waals surface area contributed by atoms with Crippen LogP contribution in [0.3, 0.4) is 0 Å². The Balaban J connectivity index is 0.0000109. The average Bonchev–Trinajstić information content (AvgIpc) is 0.873. The molecular weight excluding hydrogens is 1210 g/mol. The van der Waals surface area contributed by atoms with Gasteiger partial charge in [0, 0.05) is 52.5 Å². The molecular formula is C76H64N4OPtSi-2. The number of imidazole rings is 1. The number of pyridine rings is 1. The van der Waals surface area contributed by atoms with Crippen molar-refractivity contribution in [3.8, 4) is 50.9 Å². The van der Waals surface area contributed by atoms with Crippen LogP contribution in [0.25, 0.3) is 72.3 Å². The monoisotopic (exact) mass is 1300 g/mol. The van der Waals surface area contributed by atoms with Crippen LogP contribution in [0.1, 0.15) is 98.1 Å². The zero-order valence-corrected chi connectivity index (χ0v) is 48.9. The number of benzene rings is 10. The summed E-state index contributed by atoms with van der Waals surface area (Å²) < 4.78 is 245. The minimum Gasteiger partial charge on any atom is -0.510 e. The molecule has 0 spiro atoms. The van der Waals surface area contributed by atoms with Crippen molar-refractivity contribution in [1.82, 2.24) is 14.1 Å². The van der Waals surface area contributed by atoms with Crippen molar-refractivity contribution in [1.29, 1.82) is 0 Å². The minimum absolute atomic E-state index is 0. The van der Waals surface area contributed by atoms with Crippen LogP contribution in [0.15, 0.2) is 242 Å². The van der Waals surface area contributed by atoms with Crippen LogP contribution in [0.2, 0.25) is 0 Å². The summed E-state index contributed by atoms with van der Waals surface area (Å²) >= 11 is 0. The molecule has 0 N–H and O–H groups in total. The van der Waals surface area contributed by atoms with Crippen LogP contribution in [0, 0.1) is 32.2 Å². The Morgan fingerprint density at radius 3 is 1.89 bits per heavy atom. The number of aromatic nitrogens is 4. The van der Waals surface area contributed by atoms with E-state index < -0.39 is 168 Å². The topological polar surface area (TPSA) is 35.9 Å². The van der Waals surface area contributed by atoms with Gasteiger partial charge in [0.05, 0.1) is 42.8 Å². The van der Waals surface area contributed by atoms with E-state index in [2.05, 4.69) is 39.2 Å². The van der Waals surface area contributed by atoms with Gasteiger partial charge in [0.15, 0.2) is 8.07 Å². The molecule has 10 aromatic carbocycles. The molecule has 0 amide bonds. The summed E-state index contributed by atoms with van der Waals surface area (Å²) in [5.74, 6) is 1.06. The van der Waals surface area contributed by atoms with Gasteiger partial charge in [-0.05, 0) is 125 Å². The summed E-state index contributed by atoms with van der Waals surface area (Å²) in [7, 11) is -6.31. The molecule has 410 valence electrons. The van der Waals surface area contributed by atoms with E-state index in [9.17, 15) is 13.7 Å². The summed E-state index contributed by atoms with van der Waals surface area (Å²) in [6.07, 6.45) is 5.22. The molecule has 0 aliphatic carbocycles. The van der Waals surface area contributed by atoms with Crippen LogP contribution in [0.4, 0.5) is 0 Å². The van der Waals surface area contributed by atoms with Gasteiger partial charge >= 0.3 is 0 Å². The van der Waals surface area contributed by atoms with Gasteiger partial charge in [-0.15, -0.1) is 29.7 Å². The van der Waals surface area contributed by atoms with Crippen molar-refractivity contribution in [2.75, 3.05) is 0 Å². The number of nitrogens with zero attached hydrogens (tertiary/aromatic N) is 4. The van der Waals surface area contributed by atoms with E-state index in [1.54, 1.807) is 54.7 Å². The quantitative estimate of drug-likeness (QED) is 0.0560. The second-order valence-corrected chi connectivity index (χ2v) is 25.2. The van der Waals surface area contributed by atoms with Gasteiger partial charge in [-0.2, -0.15) is 18.2 Å². The third-order valence-electron chi connectivity index (χ3n) is 14.6. The van der Waals surface area contributed by atoms with Crippen LogP contribution in [-0.2, 0) is 31.9 Å². The average molecular weight is 1300 g/mol. The van der Waals surface area contributed by atoms with E-state index in [4.69, 9.17) is 30.3 Å². The predicted molar refractivity (Wildman–Crippen MR) is 341 cm³/mol. The fraction of sp³-hybridized carbons (Fsp3) is 0.132. The Labute approximate surface area is 538 Å². The van der Waals surface area contributed by atoms with Crippen molar-refractivity contribution in [3.05, 3.63) is 283 Å². The first kappa shape index (κ1) is 32.8. The number of para-hydroxylation sites is 2. The Morgan fingerprint density at radius 2 is 1.22 bits per heavy atom. The molecule has 0 aliphatic rings. The summed E-state index contributed by atoms with van der Waals surface area (Å²) in [6.45, 7) is 6.13. The molecule has 13 rings (SSSR count). The van der Waals surface area contributed by atoms with Crippen molar-refractivity contribution in [2.45, 2.75) is 66.1 Å². The normalized spacial score (nSPS) is 16.6. The van der Waals surface area contributed by atoms with E-state index in [-0.39, 0.29) is 88.2 Å². The molecule has 0 saturated heterocycles. The van der Waals surface area contributed by atoms with E-state index in [1.807, 2.05) is 67.8 Å². The third-order valence-corrected chi connectivity index (χ3v) is 18.6. The molecule has 0 saturated carbocycles. The van der Waals surface area contributed by atoms with E-state index in [0.29, 0.717) is 16.9 Å². The van der Waals surface area contributed by atoms with Gasteiger partial charge in [0.2, 0.25) is 0 Å². The fourth-order valence-electron chi connectivity index (χ4n) is 10.7. The second-order valence-electron chi connectivity index (χ2n) is 21.7. The first-order valence-electron chi connectivity index (χ1n) is 38.8. The number of fused-ring (bicyclic) bond motifs is 4. The van der Waals surface area contributed by atoms with E-state index >= 15 is 0 Å². The van der Waals surface area contributed by atoms with Gasteiger partial charge in [-0.25, -0.2) is 4.98 Å². The molecule has 5 nitrogen and oxygen atoms in total. The Bertz CT molecular complexity index is 5670. The number of rotatable bonds is 11. The Morgan fingerprint density at radius 1 is 0.566 bits per heavy atom. The fourth-order valence-corrected chi connectivity index (χ4v) is 14.3. The zero-order chi connectivity index (χ0) is 77.9. The molecule has 7 heteroatoms. The molecule has 0 aliphatic heterocycles. The maximum atomic E-state index is 10.9. The summed E-state index contributed by atoms with van der Waals surface area (Å²) in [5.41, 5.74) is 1.18. The largest absolute Gasteiger partial charge is 0.510 e. The number of ether oxygens (including phenoxy) is 1. The van der Waals surface area contributed by atoms with E-state index in [0.717, 1.165) is 21.9 Å². The van der Waals surface area contributed by atoms with Gasteiger partial charge in [-0.1, -0.05) is 229 Å². The van der Waals surface area contributed by atoms with Crippen molar-refractivity contribution in [2.24, 2.45) is 0 Å². The van der Waals surface area contributed by atoms with Gasteiger partial charge in [-0.3, -0.25) is 4.57 Å². The third kappa shape index (κ3) is 9.88. The van der Waals surface area contributed by atoms with Crippen molar-refractivity contribution < 1.29 is 64.6 Å². The minimum atomic E-state index is -6.31. The smallest absolute Gasteiger partial charge is 0.268 e. The molecule has 0 radical (unpaired) electrons. The van der Waals surface area contributed by atoms with Crippen LogP contribution in [-0.4, -0.2) is 22.2 Å². The first-order chi connectivity index (χ1) is 50.1. The Kier molecular flexibility index (Phi) is 8.66. The molecule has 3 heterocycles. The molecule has 0 atom stereocenters. The van der Waals surface area contributed by atoms with Crippen LogP contribution < -0.4 is 30.1 Å². The maximum absolute atomic E-state index is 10.9. The molecule has 13 aromatic rings. The summed E-state index contributed by atoms with van der Waals surface area (Å²) in [5, 5.41) is -2.21. The van der Waals surface area contributed by atoms with Crippen molar-refractivity contribution >= 4 is 61.7 Å². The second kappa shape index (κ2) is 21.9. The van der Waals surface area contributed by atoms with Gasteiger partial charge in [0.1, 0.15) is 5.82 Å². The predicted octanol–water partition coefficient (Wildman–Crippen LogP) is 15.5. The number of aryl methyl sites for hydroxylation is 2. The number of hydrogen-bond donors (Lipinski definition) is 0. The standard InChI is InChI=1S/C76H64N4OSi.Pt/c1-52-24-20-25-53(2)73(52)55-40-43-69-71(47-55)78(57-27-22-28-58(49-57)81-59-41-42-66-65-36-18-19-39-68(65)80(70(66)50-59)72-48-56(44-45-77-72)75(3,4)5)51-79(69)74-64(37-23-38-67(74)76(6,7)8)54-26-21-35-63(46-54)82(60-29-12-9-13-30-60,61-31-14-10-15-32-61)62-33-16-11-17-34-62;/h9-48H,1-8H3;/q-2;/i1D3,2D3,9D,10D,11D,12D,13D,14D,15D,16D,17D,21D,26D,29D,30D,31D,32D,33D,34D,35D,46D;. The van der Waals surface area contributed by atoms with Crippen molar-refractivity contribution in [3.63, 3.8) is 0 Å². The molecule has 0 unspecified atom stereocenters. The Hall–Kier alpha value is -8.67. The summed E-state index contributed by atoms with van der Waals surface area (Å²) in [6, 6.07) is 20.0. The molecule has 3 aromatic heterocycles. The first-order valence-corrected chi connectivity index (χ1v) is 28.3. The molecule has 0 fully saturated rings. The van der Waals surface area contributed by atoms with Crippen LogP contribution in [0.5, 0.6) is 11.5 Å². The SMILES string of the molecule is [2H]c1c([2H])c([2H])c([Si](c2c([2H])c([2H])c([2H])c([2H])c2[2H])(c2c([2H])c([2H])c([2H])c([2H])c2[2H])c2c([2H])c([2H])c([2H])c(-c3cccc(C(C)(C)C)c3-[n+]3[c-]n(-c4[c-]c(Oc5[c-]c6c(cc5)c5ccccc5n6-c5cc(C(C)(C)C)ccn5)ccc4)c4cc(-c5c(C([2H])([2H])[2H])cccc5C([2H])([2H])[2H])ccc43)c2[2H])c([2H])c1[2H].[Pt]. The van der Waals surface area contributed by atoms with Crippen LogP contribution >= 0.6 is 0 Å². The maximum Gasteiger partial charge on any atom is 0.268 e. The van der Waals surface area contributed by atoms with Gasteiger partial charge < -0.3 is 13.9 Å². The van der Waals surface area contributed by atoms with E-state index in [1.165, 1.54) is 39.5 Å². The molecule has 0 bridgehead atoms. The summed E-state index contributed by atoms with van der Waals surface area (Å²) in [4.78, 5) is 4.82.